The van der Waals surface area contributed by atoms with E-state index in [0.29, 0.717) is 11.6 Å². The van der Waals surface area contributed by atoms with Gasteiger partial charge in [-0.25, -0.2) is 4.39 Å². The van der Waals surface area contributed by atoms with Gasteiger partial charge >= 0.3 is 6.01 Å². The molecule has 2 aliphatic rings. The lowest BCUT2D eigenvalue weighted by molar-refractivity contribution is 0.311. The van der Waals surface area contributed by atoms with Gasteiger partial charge in [-0.1, -0.05) is 18.2 Å². The first-order valence-corrected chi connectivity index (χ1v) is 12.5. The minimum absolute atomic E-state index is 0.0697. The number of hydrogen-bond donors (Lipinski definition) is 3. The van der Waals surface area contributed by atoms with E-state index in [1.807, 2.05) is 25.1 Å². The van der Waals surface area contributed by atoms with E-state index in [9.17, 15) is 4.39 Å². The molecule has 1 fully saturated rings. The average Bonchev–Trinajstić information content (AvgIpc) is 3.50. The van der Waals surface area contributed by atoms with Gasteiger partial charge in [0.25, 0.3) is 0 Å². The van der Waals surface area contributed by atoms with Crippen LogP contribution in [0, 0.1) is 12.7 Å². The molecular weight excluding hydrogens is 471 g/mol. The highest BCUT2D eigenvalue weighted by Gasteiger charge is 2.19. The van der Waals surface area contributed by atoms with Crippen molar-refractivity contribution in [2.24, 2.45) is 0 Å². The molecule has 1 aliphatic carbocycles. The molecule has 1 aliphatic heterocycles. The number of aryl methyl sites for hydroxylation is 1. The lowest BCUT2D eigenvalue weighted by Gasteiger charge is -2.33. The van der Waals surface area contributed by atoms with E-state index in [2.05, 4.69) is 65.5 Å². The van der Waals surface area contributed by atoms with Gasteiger partial charge in [0.05, 0.1) is 5.69 Å². The quantitative estimate of drug-likeness (QED) is 0.337. The molecule has 0 amide bonds. The van der Waals surface area contributed by atoms with Crippen LogP contribution in [0.5, 0.6) is 11.8 Å². The van der Waals surface area contributed by atoms with Crippen LogP contribution in [-0.4, -0.2) is 63.3 Å². The third-order valence-electron chi connectivity index (χ3n) is 6.72. The average molecular weight is 501 g/mol. The Bertz CT molecular complexity index is 1500. The summed E-state index contributed by atoms with van der Waals surface area (Å²) in [5, 5.41) is 11.6. The van der Waals surface area contributed by atoms with Crippen LogP contribution in [0.1, 0.15) is 24.2 Å². The van der Waals surface area contributed by atoms with Crippen LogP contribution in [0.15, 0.2) is 48.6 Å². The number of fused-ring (bicyclic) bond motifs is 1. The van der Waals surface area contributed by atoms with Crippen molar-refractivity contribution in [2.45, 2.75) is 19.8 Å². The predicted molar refractivity (Wildman–Crippen MR) is 143 cm³/mol. The summed E-state index contributed by atoms with van der Waals surface area (Å²) in [6.07, 6.45) is 8.29. The highest BCUT2D eigenvalue weighted by atomic mass is 19.1. The Balaban J connectivity index is 1.31. The molecule has 1 saturated heterocycles. The second-order valence-corrected chi connectivity index (χ2v) is 9.56. The number of aromatic amines is 2. The molecule has 37 heavy (non-hydrogen) atoms. The summed E-state index contributed by atoms with van der Waals surface area (Å²) < 4.78 is 20.8. The van der Waals surface area contributed by atoms with Gasteiger partial charge in [0.1, 0.15) is 11.6 Å². The Kier molecular flexibility index (Phi) is 6.09. The first-order chi connectivity index (χ1) is 18.0. The maximum absolute atomic E-state index is 14.9. The summed E-state index contributed by atoms with van der Waals surface area (Å²) in [6, 6.07) is 8.96. The molecule has 9 nitrogen and oxygen atoms in total. The van der Waals surface area contributed by atoms with Crippen LogP contribution in [0.2, 0.25) is 0 Å². The summed E-state index contributed by atoms with van der Waals surface area (Å²) in [6.45, 7) is 5.43. The molecule has 4 aromatic rings. The Morgan fingerprint density at radius 2 is 1.89 bits per heavy atom. The lowest BCUT2D eigenvalue weighted by Crippen LogP contribution is -2.44. The Morgan fingerprint density at radius 3 is 2.70 bits per heavy atom. The summed E-state index contributed by atoms with van der Waals surface area (Å²) in [4.78, 5) is 16.8. The van der Waals surface area contributed by atoms with E-state index in [-0.39, 0.29) is 11.8 Å². The van der Waals surface area contributed by atoms with E-state index in [1.165, 1.54) is 11.6 Å². The van der Waals surface area contributed by atoms with Crippen molar-refractivity contribution in [3.63, 3.8) is 0 Å². The minimum Gasteiger partial charge on any atom is -0.421 e. The summed E-state index contributed by atoms with van der Waals surface area (Å²) in [5.74, 6) is 1.47. The third-order valence-corrected chi connectivity index (χ3v) is 6.72. The molecule has 3 aromatic heterocycles. The number of nitrogens with zero attached hydrogens (tertiary/aromatic N) is 5. The van der Waals surface area contributed by atoms with Gasteiger partial charge in [-0.2, -0.15) is 15.1 Å². The fourth-order valence-corrected chi connectivity index (χ4v) is 4.68. The monoisotopic (exact) mass is 500 g/mol. The minimum atomic E-state index is -0.482. The van der Waals surface area contributed by atoms with Crippen molar-refractivity contribution in [3.8, 4) is 11.8 Å². The number of rotatable bonds is 6. The Hall–Kier alpha value is -4.18. The lowest BCUT2D eigenvalue weighted by atomic mass is 10.0. The number of ether oxygens (including phenoxy) is 1. The van der Waals surface area contributed by atoms with Gasteiger partial charge < -0.3 is 24.8 Å². The standard InChI is InChI=1S/C27H29FN8O/c1-17-12-19-13-23(20(28)14-21(19)29-17)37-27-31-24(16-26(32-27)36-10-8-35(2)9-11-36)30-25-15-22(33-34-25)18-6-4-3-5-7-18/h3-4,6,12-16,29H,5,7-11H2,1-2H3,(H2,30,31,32,33,34). The summed E-state index contributed by atoms with van der Waals surface area (Å²) in [7, 11) is 2.10. The van der Waals surface area contributed by atoms with E-state index in [4.69, 9.17) is 4.74 Å². The number of likely N-dealkylation sites (N-methyl/N-ethyl adjacent to an activating group) is 1. The number of anilines is 3. The normalized spacial score (nSPS) is 16.3. The van der Waals surface area contributed by atoms with E-state index in [1.54, 1.807) is 6.07 Å². The fourth-order valence-electron chi connectivity index (χ4n) is 4.68. The fraction of sp³-hybridized carbons (Fsp3) is 0.296. The van der Waals surface area contributed by atoms with Crippen LogP contribution in [0.25, 0.3) is 16.5 Å². The molecule has 0 bridgehead atoms. The number of halogens is 1. The molecular formula is C27H29FN8O. The van der Waals surface area contributed by atoms with Crippen molar-refractivity contribution >= 4 is 33.9 Å². The number of hydrogen-bond acceptors (Lipinski definition) is 7. The maximum atomic E-state index is 14.9. The van der Waals surface area contributed by atoms with Crippen molar-refractivity contribution in [3.05, 3.63) is 65.8 Å². The zero-order valence-electron chi connectivity index (χ0n) is 20.9. The van der Waals surface area contributed by atoms with E-state index < -0.39 is 5.82 Å². The molecule has 10 heteroatoms. The van der Waals surface area contributed by atoms with Crippen LogP contribution in [-0.2, 0) is 0 Å². The number of benzene rings is 1. The molecule has 0 atom stereocenters. The molecule has 0 unspecified atom stereocenters. The number of aromatic nitrogens is 5. The number of piperazine rings is 1. The molecule has 3 N–H and O–H groups in total. The van der Waals surface area contributed by atoms with Gasteiger partial charge in [0, 0.05) is 61.0 Å². The molecule has 0 radical (unpaired) electrons. The predicted octanol–water partition coefficient (Wildman–Crippen LogP) is 5.15. The number of nitrogens with one attached hydrogen (secondary N) is 3. The zero-order valence-corrected chi connectivity index (χ0v) is 20.9. The van der Waals surface area contributed by atoms with Crippen LogP contribution < -0.4 is 15.0 Å². The second kappa shape index (κ2) is 9.70. The van der Waals surface area contributed by atoms with Crippen LogP contribution in [0.4, 0.5) is 21.8 Å². The van der Waals surface area contributed by atoms with Gasteiger partial charge in [-0.05, 0) is 44.5 Å². The van der Waals surface area contributed by atoms with Gasteiger partial charge in [-0.3, -0.25) is 5.10 Å². The molecule has 1 aromatic carbocycles. The van der Waals surface area contributed by atoms with Crippen LogP contribution in [0.3, 0.4) is 0 Å². The molecule has 0 spiro atoms. The van der Waals surface area contributed by atoms with Gasteiger partial charge in [-0.15, -0.1) is 0 Å². The number of H-pyrrole nitrogens is 2. The summed E-state index contributed by atoms with van der Waals surface area (Å²) in [5.41, 5.74) is 3.84. The van der Waals surface area contributed by atoms with Crippen molar-refractivity contribution in [2.75, 3.05) is 43.4 Å². The molecule has 190 valence electrons. The Morgan fingerprint density at radius 1 is 1.03 bits per heavy atom. The highest BCUT2D eigenvalue weighted by molar-refractivity contribution is 5.82. The molecule has 4 heterocycles. The SMILES string of the molecule is Cc1cc2cc(Oc3nc(Nc4cc(C5=CC=CCC5)[nH]n4)cc(N4CCN(C)CC4)n3)c(F)cc2[nH]1. The van der Waals surface area contributed by atoms with E-state index >= 15 is 0 Å². The van der Waals surface area contributed by atoms with Crippen molar-refractivity contribution in [1.82, 2.24) is 30.0 Å². The third kappa shape index (κ3) is 5.05. The number of allylic oxidation sites excluding steroid dienone is 4. The van der Waals surface area contributed by atoms with Gasteiger partial charge in [0.15, 0.2) is 17.4 Å². The van der Waals surface area contributed by atoms with E-state index in [0.717, 1.165) is 67.1 Å². The zero-order chi connectivity index (χ0) is 25.4. The maximum Gasteiger partial charge on any atom is 0.326 e. The highest BCUT2D eigenvalue weighted by Crippen LogP contribution is 2.31. The smallest absolute Gasteiger partial charge is 0.326 e. The van der Waals surface area contributed by atoms with Crippen LogP contribution >= 0.6 is 0 Å². The second-order valence-electron chi connectivity index (χ2n) is 9.56. The largest absolute Gasteiger partial charge is 0.421 e. The van der Waals surface area contributed by atoms with Crippen molar-refractivity contribution in [1.29, 1.82) is 0 Å². The molecule has 6 rings (SSSR count). The first-order valence-electron chi connectivity index (χ1n) is 12.5. The molecule has 0 saturated carbocycles. The van der Waals surface area contributed by atoms with Crippen molar-refractivity contribution < 1.29 is 9.13 Å². The Labute approximate surface area is 214 Å². The topological polar surface area (TPSA) is 98.0 Å². The van der Waals surface area contributed by atoms with Gasteiger partial charge in [0.2, 0.25) is 0 Å². The summed E-state index contributed by atoms with van der Waals surface area (Å²) >= 11 is 0. The first kappa shape index (κ1) is 23.2.